The number of halogens is 6. The number of anilines is 1. The van der Waals surface area contributed by atoms with Gasteiger partial charge in [-0.2, -0.15) is 26.3 Å². The highest BCUT2D eigenvalue weighted by molar-refractivity contribution is 5.79. The van der Waals surface area contributed by atoms with Crippen molar-refractivity contribution in [2.75, 3.05) is 25.5 Å². The lowest BCUT2D eigenvalue weighted by atomic mass is 10.0. The summed E-state index contributed by atoms with van der Waals surface area (Å²) in [5, 5.41) is 2.95. The van der Waals surface area contributed by atoms with Crippen LogP contribution in [0.3, 0.4) is 0 Å². The number of carbonyl (C=O) groups is 1. The summed E-state index contributed by atoms with van der Waals surface area (Å²) in [4.78, 5) is 31.6. The van der Waals surface area contributed by atoms with Crippen LogP contribution >= 0.6 is 0 Å². The second-order valence-corrected chi connectivity index (χ2v) is 8.76. The molecule has 2 aromatic heterocycles. The fraction of sp³-hybridized carbons (Fsp3) is 0.435. The van der Waals surface area contributed by atoms with E-state index in [-0.39, 0.29) is 30.4 Å². The van der Waals surface area contributed by atoms with E-state index in [0.29, 0.717) is 41.8 Å². The van der Waals surface area contributed by atoms with Crippen LogP contribution < -0.4 is 11.0 Å². The molecule has 1 atom stereocenters. The van der Waals surface area contributed by atoms with Gasteiger partial charge in [0, 0.05) is 27.2 Å². The molecule has 1 amide bonds. The van der Waals surface area contributed by atoms with E-state index in [1.54, 1.807) is 26.4 Å². The van der Waals surface area contributed by atoms with Gasteiger partial charge in [-0.25, -0.2) is 9.78 Å². The number of nitrogens with zero attached hydrogens (tertiary/aromatic N) is 4. The molecule has 1 aliphatic rings. The number of carbonyl (C=O) groups excluding carboxylic acids is 1. The fourth-order valence-electron chi connectivity index (χ4n) is 4.53. The maximum atomic E-state index is 13.2. The first-order valence-electron chi connectivity index (χ1n) is 11.1. The number of hydrogen-bond donors (Lipinski definition) is 1. The van der Waals surface area contributed by atoms with Crippen molar-refractivity contribution in [2.24, 2.45) is 7.05 Å². The van der Waals surface area contributed by atoms with Crippen molar-refractivity contribution in [3.8, 4) is 0 Å². The molecule has 194 valence electrons. The topological polar surface area (TPSA) is 72.2 Å². The van der Waals surface area contributed by atoms with E-state index < -0.39 is 41.8 Å². The van der Waals surface area contributed by atoms with Gasteiger partial charge < -0.3 is 10.2 Å². The third-order valence-electron chi connectivity index (χ3n) is 6.32. The molecule has 7 nitrogen and oxygen atoms in total. The summed E-state index contributed by atoms with van der Waals surface area (Å²) in [6, 6.07) is 2.49. The SMILES string of the molecule is CNc1cnc2c(c1)n([C@H]1CCCN(C(=O)Cc3cc(C(F)(F)F)cc(C(F)(F)F)c3)C1)c(=O)n2C. The van der Waals surface area contributed by atoms with Crippen molar-refractivity contribution in [3.05, 3.63) is 57.6 Å². The molecule has 1 aromatic carbocycles. The van der Waals surface area contributed by atoms with Gasteiger partial charge in [-0.1, -0.05) is 0 Å². The molecule has 1 fully saturated rings. The highest BCUT2D eigenvalue weighted by atomic mass is 19.4. The zero-order valence-electron chi connectivity index (χ0n) is 19.4. The Morgan fingerprint density at radius 1 is 1.08 bits per heavy atom. The number of fused-ring (bicyclic) bond motifs is 1. The van der Waals surface area contributed by atoms with Crippen molar-refractivity contribution in [1.82, 2.24) is 19.0 Å². The van der Waals surface area contributed by atoms with Crippen molar-refractivity contribution >= 4 is 22.8 Å². The minimum atomic E-state index is -4.99. The van der Waals surface area contributed by atoms with E-state index in [1.165, 1.54) is 14.0 Å². The largest absolute Gasteiger partial charge is 0.416 e. The van der Waals surface area contributed by atoms with E-state index in [1.807, 2.05) is 0 Å². The van der Waals surface area contributed by atoms with Gasteiger partial charge in [-0.05, 0) is 42.7 Å². The molecule has 0 unspecified atom stereocenters. The first-order valence-corrected chi connectivity index (χ1v) is 11.1. The summed E-state index contributed by atoms with van der Waals surface area (Å²) >= 11 is 0. The number of alkyl halides is 6. The number of hydrogen-bond acceptors (Lipinski definition) is 4. The van der Waals surface area contributed by atoms with Crippen LogP contribution in [-0.2, 0) is 30.6 Å². The Kier molecular flexibility index (Phi) is 6.52. The van der Waals surface area contributed by atoms with Gasteiger partial charge in [0.15, 0.2) is 5.65 Å². The Bertz CT molecular complexity index is 1330. The van der Waals surface area contributed by atoms with Crippen LogP contribution in [0.25, 0.3) is 11.2 Å². The fourth-order valence-corrected chi connectivity index (χ4v) is 4.53. The van der Waals surface area contributed by atoms with Crippen LogP contribution in [0, 0.1) is 0 Å². The number of aryl methyl sites for hydroxylation is 1. The number of benzene rings is 1. The molecule has 36 heavy (non-hydrogen) atoms. The highest BCUT2D eigenvalue weighted by Gasteiger charge is 2.37. The molecular formula is C23H23F6N5O2. The molecule has 0 bridgehead atoms. The molecule has 0 saturated carbocycles. The predicted octanol–water partition coefficient (Wildman–Crippen LogP) is 4.22. The van der Waals surface area contributed by atoms with Gasteiger partial charge in [0.2, 0.25) is 5.91 Å². The van der Waals surface area contributed by atoms with Crippen molar-refractivity contribution in [3.63, 3.8) is 0 Å². The molecule has 13 heteroatoms. The Morgan fingerprint density at radius 3 is 2.31 bits per heavy atom. The van der Waals surface area contributed by atoms with Crippen molar-refractivity contribution in [2.45, 2.75) is 37.7 Å². The summed E-state index contributed by atoms with van der Waals surface area (Å²) in [5.74, 6) is -0.616. The Hall–Kier alpha value is -3.51. The Labute approximate surface area is 201 Å². The average molecular weight is 515 g/mol. The molecule has 3 aromatic rings. The van der Waals surface area contributed by atoms with Crippen LogP contribution in [0.5, 0.6) is 0 Å². The molecule has 0 radical (unpaired) electrons. The van der Waals surface area contributed by atoms with E-state index in [4.69, 9.17) is 0 Å². The van der Waals surface area contributed by atoms with Crippen molar-refractivity contribution < 1.29 is 31.1 Å². The molecule has 4 rings (SSSR count). The monoisotopic (exact) mass is 515 g/mol. The van der Waals surface area contributed by atoms with Gasteiger partial charge in [0.05, 0.1) is 41.0 Å². The highest BCUT2D eigenvalue weighted by Crippen LogP contribution is 2.36. The van der Waals surface area contributed by atoms with E-state index in [2.05, 4.69) is 10.3 Å². The first-order chi connectivity index (χ1) is 16.8. The van der Waals surface area contributed by atoms with Crippen LogP contribution in [0.1, 0.15) is 35.6 Å². The third kappa shape index (κ3) is 4.91. The van der Waals surface area contributed by atoms with Crippen LogP contribution in [0.2, 0.25) is 0 Å². The van der Waals surface area contributed by atoms with Gasteiger partial charge in [-0.3, -0.25) is 13.9 Å². The van der Waals surface area contributed by atoms with Crippen LogP contribution in [0.4, 0.5) is 32.0 Å². The quantitative estimate of drug-likeness (QED) is 0.529. The maximum absolute atomic E-state index is 13.2. The van der Waals surface area contributed by atoms with Crippen LogP contribution in [-0.4, -0.2) is 45.1 Å². The van der Waals surface area contributed by atoms with Gasteiger partial charge in [0.1, 0.15) is 0 Å². The lowest BCUT2D eigenvalue weighted by molar-refractivity contribution is -0.143. The first kappa shape index (κ1) is 25.6. The van der Waals surface area contributed by atoms with Crippen molar-refractivity contribution in [1.29, 1.82) is 0 Å². The number of nitrogens with one attached hydrogen (secondary N) is 1. The lowest BCUT2D eigenvalue weighted by Gasteiger charge is -2.33. The second kappa shape index (κ2) is 9.17. The summed E-state index contributed by atoms with van der Waals surface area (Å²) in [6.45, 7) is 0.368. The molecular weight excluding hydrogens is 492 g/mol. The Morgan fingerprint density at radius 2 is 1.72 bits per heavy atom. The number of amides is 1. The smallest absolute Gasteiger partial charge is 0.387 e. The molecule has 0 spiro atoms. The van der Waals surface area contributed by atoms with Crippen LogP contribution in [0.15, 0.2) is 35.3 Å². The number of aromatic nitrogens is 3. The molecule has 1 saturated heterocycles. The van der Waals surface area contributed by atoms with Gasteiger partial charge in [-0.15, -0.1) is 0 Å². The number of rotatable bonds is 4. The summed E-state index contributed by atoms with van der Waals surface area (Å²) < 4.78 is 82.0. The molecule has 1 aliphatic heterocycles. The van der Waals surface area contributed by atoms with E-state index >= 15 is 0 Å². The maximum Gasteiger partial charge on any atom is 0.416 e. The number of piperidine rings is 1. The second-order valence-electron chi connectivity index (χ2n) is 8.76. The van der Waals surface area contributed by atoms with E-state index in [0.717, 1.165) is 0 Å². The zero-order valence-corrected chi connectivity index (χ0v) is 19.4. The van der Waals surface area contributed by atoms with Gasteiger partial charge >= 0.3 is 18.0 Å². The minimum Gasteiger partial charge on any atom is -0.387 e. The summed E-state index contributed by atoms with van der Waals surface area (Å²) in [5.41, 5.74) is -1.96. The number of imidazole rings is 1. The zero-order chi connectivity index (χ0) is 26.4. The minimum absolute atomic E-state index is 0.0330. The predicted molar refractivity (Wildman–Crippen MR) is 120 cm³/mol. The molecule has 1 N–H and O–H groups in total. The number of likely N-dealkylation sites (tertiary alicyclic amines) is 1. The standard InChI is InChI=1S/C23H23F6N5O2/c1-30-16-10-18-20(31-11-16)32(2)21(36)34(18)17-4-3-5-33(12-17)19(35)8-13-6-14(22(24,25)26)9-15(7-13)23(27,28)29/h6-7,9-11,17,30H,3-5,8,12H2,1-2H3/t17-/m0/s1. The molecule has 0 aliphatic carbocycles. The number of pyridine rings is 1. The Balaban J connectivity index is 1.61. The molecule has 3 heterocycles. The summed E-state index contributed by atoms with van der Waals surface area (Å²) in [7, 11) is 3.28. The average Bonchev–Trinajstić information content (AvgIpc) is 3.07. The lowest BCUT2D eigenvalue weighted by Crippen LogP contribution is -2.43. The van der Waals surface area contributed by atoms with E-state index in [9.17, 15) is 35.9 Å². The summed E-state index contributed by atoms with van der Waals surface area (Å²) in [6.07, 6.45) is -7.97. The third-order valence-corrected chi connectivity index (χ3v) is 6.32. The normalized spacial score (nSPS) is 17.0. The van der Waals surface area contributed by atoms with Gasteiger partial charge in [0.25, 0.3) is 0 Å².